The second-order valence-electron chi connectivity index (χ2n) is 8.43. The van der Waals surface area contributed by atoms with Gasteiger partial charge in [-0.25, -0.2) is 4.79 Å². The minimum atomic E-state index is -0.253. The second-order valence-corrected chi connectivity index (χ2v) is 9.46. The molecule has 0 aliphatic rings. The van der Waals surface area contributed by atoms with Gasteiger partial charge in [-0.2, -0.15) is 0 Å². The smallest absolute Gasteiger partial charge is 0.322 e. The monoisotopic (exact) mass is 463 g/mol. The fourth-order valence-corrected chi connectivity index (χ4v) is 4.25. The Morgan fingerprint density at radius 1 is 0.970 bits per heavy atom. The number of benzene rings is 2. The average Bonchev–Trinajstić information content (AvgIpc) is 3.32. The molecule has 3 aromatic rings. The lowest BCUT2D eigenvalue weighted by Crippen LogP contribution is -2.47. The number of anilines is 1. The molecule has 3 rings (SSSR count). The lowest BCUT2D eigenvalue weighted by atomic mass is 10.1. The Morgan fingerprint density at radius 3 is 2.36 bits per heavy atom. The quantitative estimate of drug-likeness (QED) is 0.409. The lowest BCUT2D eigenvalue weighted by molar-refractivity contribution is -0.133. The van der Waals surface area contributed by atoms with Crippen LogP contribution in [0.5, 0.6) is 0 Å². The van der Waals surface area contributed by atoms with Gasteiger partial charge in [-0.3, -0.25) is 4.79 Å². The molecule has 3 amide bonds. The van der Waals surface area contributed by atoms with E-state index in [0.29, 0.717) is 13.1 Å². The lowest BCUT2D eigenvalue weighted by Gasteiger charge is -2.31. The van der Waals surface area contributed by atoms with Crippen molar-refractivity contribution in [3.63, 3.8) is 0 Å². The Balaban J connectivity index is 1.77. The summed E-state index contributed by atoms with van der Waals surface area (Å²) in [4.78, 5) is 31.3. The zero-order chi connectivity index (χ0) is 23.8. The summed E-state index contributed by atoms with van der Waals surface area (Å²) >= 11 is 1.63. The maximum atomic E-state index is 13.5. The summed E-state index contributed by atoms with van der Waals surface area (Å²) in [7, 11) is 0. The van der Waals surface area contributed by atoms with Gasteiger partial charge in [0.05, 0.1) is 6.54 Å². The first-order chi connectivity index (χ1) is 15.9. The number of amides is 3. The van der Waals surface area contributed by atoms with Crippen molar-refractivity contribution in [2.45, 2.75) is 53.2 Å². The van der Waals surface area contributed by atoms with Gasteiger partial charge >= 0.3 is 6.03 Å². The minimum absolute atomic E-state index is 0.0316. The predicted octanol–water partition coefficient (Wildman–Crippen LogP) is 6.23. The number of carbonyl (C=O) groups excluding carboxylic acids is 2. The summed E-state index contributed by atoms with van der Waals surface area (Å²) in [5, 5.41) is 5.00. The number of rotatable bonds is 9. The molecule has 0 aliphatic heterocycles. The van der Waals surface area contributed by atoms with Crippen LogP contribution in [0, 0.1) is 13.8 Å². The SMILES string of the molecule is CC[C@H](C)N(CC(=O)N(Cc1ccccc1)Cc1cccs1)C(=O)Nc1ccc(C)c(C)c1. The highest BCUT2D eigenvalue weighted by molar-refractivity contribution is 7.09. The van der Waals surface area contributed by atoms with E-state index in [2.05, 4.69) is 5.32 Å². The van der Waals surface area contributed by atoms with Gasteiger partial charge in [0.1, 0.15) is 6.54 Å². The third-order valence-corrected chi connectivity index (χ3v) is 6.80. The molecule has 2 aromatic carbocycles. The van der Waals surface area contributed by atoms with Crippen LogP contribution in [0.2, 0.25) is 0 Å². The number of hydrogen-bond donors (Lipinski definition) is 1. The summed E-state index contributed by atoms with van der Waals surface area (Å²) in [5.74, 6) is -0.0669. The molecule has 0 spiro atoms. The van der Waals surface area contributed by atoms with Crippen LogP contribution in [0.1, 0.15) is 41.8 Å². The van der Waals surface area contributed by atoms with E-state index in [9.17, 15) is 9.59 Å². The van der Waals surface area contributed by atoms with Crippen LogP contribution in [0.25, 0.3) is 0 Å². The fraction of sp³-hybridized carbons (Fsp3) is 0.333. The molecular formula is C27H33N3O2S. The van der Waals surface area contributed by atoms with E-state index in [-0.39, 0.29) is 24.5 Å². The van der Waals surface area contributed by atoms with E-state index in [0.717, 1.165) is 28.1 Å². The van der Waals surface area contributed by atoms with Gasteiger partial charge in [0, 0.05) is 23.2 Å². The van der Waals surface area contributed by atoms with Crippen molar-refractivity contribution in [1.29, 1.82) is 0 Å². The Labute approximate surface area is 201 Å². The predicted molar refractivity (Wildman–Crippen MR) is 136 cm³/mol. The van der Waals surface area contributed by atoms with Crippen LogP contribution in [-0.4, -0.2) is 34.3 Å². The van der Waals surface area contributed by atoms with E-state index in [1.165, 1.54) is 5.56 Å². The molecule has 0 aliphatic carbocycles. The first-order valence-electron chi connectivity index (χ1n) is 11.4. The molecule has 174 valence electrons. The number of nitrogens with one attached hydrogen (secondary N) is 1. The third-order valence-electron chi connectivity index (χ3n) is 5.94. The van der Waals surface area contributed by atoms with Crippen molar-refractivity contribution < 1.29 is 9.59 Å². The topological polar surface area (TPSA) is 52.7 Å². The summed E-state index contributed by atoms with van der Waals surface area (Å²) in [6.45, 7) is 9.13. The van der Waals surface area contributed by atoms with Crippen molar-refractivity contribution in [3.05, 3.63) is 87.6 Å². The van der Waals surface area contributed by atoms with E-state index >= 15 is 0 Å². The van der Waals surface area contributed by atoms with E-state index in [4.69, 9.17) is 0 Å². The van der Waals surface area contributed by atoms with Crippen LogP contribution in [0.3, 0.4) is 0 Å². The Kier molecular flexibility index (Phi) is 8.66. The molecule has 1 atom stereocenters. The second kappa shape index (κ2) is 11.7. The van der Waals surface area contributed by atoms with Crippen molar-refractivity contribution in [2.75, 3.05) is 11.9 Å². The van der Waals surface area contributed by atoms with E-state index < -0.39 is 0 Å². The van der Waals surface area contributed by atoms with E-state index in [1.807, 2.05) is 98.6 Å². The molecule has 1 aromatic heterocycles. The van der Waals surface area contributed by atoms with Crippen molar-refractivity contribution in [2.24, 2.45) is 0 Å². The minimum Gasteiger partial charge on any atom is -0.332 e. The highest BCUT2D eigenvalue weighted by Crippen LogP contribution is 2.18. The van der Waals surface area contributed by atoms with Gasteiger partial charge in [-0.15, -0.1) is 11.3 Å². The molecule has 0 fully saturated rings. The van der Waals surface area contributed by atoms with Crippen LogP contribution in [-0.2, 0) is 17.9 Å². The van der Waals surface area contributed by atoms with Gasteiger partial charge in [0.2, 0.25) is 5.91 Å². The molecular weight excluding hydrogens is 430 g/mol. The van der Waals surface area contributed by atoms with Gasteiger partial charge in [-0.05, 0) is 67.5 Å². The van der Waals surface area contributed by atoms with Gasteiger partial charge in [0.15, 0.2) is 0 Å². The van der Waals surface area contributed by atoms with Crippen LogP contribution < -0.4 is 5.32 Å². The van der Waals surface area contributed by atoms with Crippen molar-refractivity contribution in [1.82, 2.24) is 9.80 Å². The number of carbonyl (C=O) groups is 2. The molecule has 0 saturated heterocycles. The number of urea groups is 1. The van der Waals surface area contributed by atoms with Crippen LogP contribution >= 0.6 is 11.3 Å². The van der Waals surface area contributed by atoms with Gasteiger partial charge in [-0.1, -0.05) is 49.4 Å². The van der Waals surface area contributed by atoms with Crippen molar-refractivity contribution in [3.8, 4) is 0 Å². The first-order valence-corrected chi connectivity index (χ1v) is 12.2. The number of aryl methyl sites for hydroxylation is 2. The van der Waals surface area contributed by atoms with Gasteiger partial charge in [0.25, 0.3) is 0 Å². The zero-order valence-corrected chi connectivity index (χ0v) is 20.7. The molecule has 0 unspecified atom stereocenters. The summed E-state index contributed by atoms with van der Waals surface area (Å²) in [5.41, 5.74) is 4.09. The molecule has 0 radical (unpaired) electrons. The summed E-state index contributed by atoms with van der Waals surface area (Å²) in [6.07, 6.45) is 0.761. The van der Waals surface area contributed by atoms with Gasteiger partial charge < -0.3 is 15.1 Å². The number of nitrogens with zero attached hydrogens (tertiary/aromatic N) is 2. The largest absolute Gasteiger partial charge is 0.332 e. The molecule has 6 heteroatoms. The van der Waals surface area contributed by atoms with Crippen molar-refractivity contribution >= 4 is 29.0 Å². The van der Waals surface area contributed by atoms with Crippen LogP contribution in [0.15, 0.2) is 66.0 Å². The summed E-state index contributed by atoms with van der Waals surface area (Å²) < 4.78 is 0. The average molecular weight is 464 g/mol. The highest BCUT2D eigenvalue weighted by Gasteiger charge is 2.25. The molecule has 1 heterocycles. The maximum Gasteiger partial charge on any atom is 0.322 e. The molecule has 1 N–H and O–H groups in total. The highest BCUT2D eigenvalue weighted by atomic mass is 32.1. The summed E-state index contributed by atoms with van der Waals surface area (Å²) in [6, 6.07) is 19.5. The number of hydrogen-bond acceptors (Lipinski definition) is 3. The fourth-order valence-electron chi connectivity index (χ4n) is 3.54. The maximum absolute atomic E-state index is 13.5. The first kappa shape index (κ1) is 24.5. The zero-order valence-electron chi connectivity index (χ0n) is 19.9. The Hall–Kier alpha value is -3.12. The third kappa shape index (κ3) is 6.93. The van der Waals surface area contributed by atoms with Crippen LogP contribution in [0.4, 0.5) is 10.5 Å². The standard InChI is InChI=1S/C27H33N3O2S/c1-5-22(4)30(27(32)28-24-14-13-20(2)21(3)16-24)19-26(31)29(18-25-12-9-15-33-25)17-23-10-7-6-8-11-23/h6-16,22H,5,17-19H2,1-4H3,(H,28,32)/t22-/m0/s1. The molecule has 5 nitrogen and oxygen atoms in total. The molecule has 0 saturated carbocycles. The Morgan fingerprint density at radius 2 is 1.73 bits per heavy atom. The normalized spacial score (nSPS) is 11.6. The Bertz CT molecular complexity index is 1050. The molecule has 0 bridgehead atoms. The molecule has 33 heavy (non-hydrogen) atoms. The number of thiophene rings is 1. The van der Waals surface area contributed by atoms with E-state index in [1.54, 1.807) is 16.2 Å².